The maximum atomic E-state index is 12.4. The first-order valence-corrected chi connectivity index (χ1v) is 10.8. The van der Waals surface area contributed by atoms with E-state index in [1.807, 2.05) is 61.5 Å². The summed E-state index contributed by atoms with van der Waals surface area (Å²) in [6.07, 6.45) is 1.08. The zero-order valence-corrected chi connectivity index (χ0v) is 18.3. The number of nitrogens with zero attached hydrogens (tertiary/aromatic N) is 1. The lowest BCUT2D eigenvalue weighted by molar-refractivity contribution is -0.133. The van der Waals surface area contributed by atoms with E-state index in [1.54, 1.807) is 18.2 Å². The molecule has 0 amide bonds. The fourth-order valence-corrected chi connectivity index (χ4v) is 3.75. The number of hydrogen-bond acceptors (Lipinski definition) is 6. The molecule has 2 N–H and O–H groups in total. The maximum absolute atomic E-state index is 12.4. The summed E-state index contributed by atoms with van der Waals surface area (Å²) in [7, 11) is 0. The van der Waals surface area contributed by atoms with Gasteiger partial charge in [-0.25, -0.2) is 0 Å². The Bertz CT molecular complexity index is 1210. The number of ether oxygens (including phenoxy) is 3. The summed E-state index contributed by atoms with van der Waals surface area (Å²) in [5, 5.41) is 9.74. The standard InChI is InChI=1S/C27H24N2O4/c1-2-14-31-20-10-8-19(9-11-20)26-22-13-12-21(16-24(22)33-27(29)23(26)17-28)32-25(30)15-18-6-4-3-5-7-18/h3-13,16,26H,2,14-15,29H2,1H3. The Morgan fingerprint density at radius 3 is 2.48 bits per heavy atom. The fraction of sp³-hybridized carbons (Fsp3) is 0.185. The number of fused-ring (bicyclic) bond motifs is 1. The van der Waals surface area contributed by atoms with Crippen LogP contribution >= 0.6 is 0 Å². The molecule has 6 nitrogen and oxygen atoms in total. The third-order valence-electron chi connectivity index (χ3n) is 5.30. The molecule has 0 saturated carbocycles. The van der Waals surface area contributed by atoms with E-state index in [0.717, 1.165) is 28.9 Å². The molecular weight excluding hydrogens is 416 g/mol. The lowest BCUT2D eigenvalue weighted by Gasteiger charge is -2.26. The van der Waals surface area contributed by atoms with Crippen molar-refractivity contribution in [1.29, 1.82) is 5.26 Å². The van der Waals surface area contributed by atoms with Crippen molar-refractivity contribution in [3.05, 3.63) is 101 Å². The Kier molecular flexibility index (Phi) is 6.61. The highest BCUT2D eigenvalue weighted by atomic mass is 16.5. The van der Waals surface area contributed by atoms with Gasteiger partial charge in [0.15, 0.2) is 0 Å². The van der Waals surface area contributed by atoms with Gasteiger partial charge in [-0.1, -0.05) is 55.5 Å². The second kappa shape index (κ2) is 9.92. The lowest BCUT2D eigenvalue weighted by atomic mass is 9.83. The molecule has 4 rings (SSSR count). The number of allylic oxidation sites excluding steroid dienone is 1. The third kappa shape index (κ3) is 4.99. The Morgan fingerprint density at radius 1 is 1.06 bits per heavy atom. The largest absolute Gasteiger partial charge is 0.494 e. The number of benzene rings is 3. The van der Waals surface area contributed by atoms with Crippen molar-refractivity contribution in [2.75, 3.05) is 6.61 Å². The number of carbonyl (C=O) groups is 1. The first kappa shape index (κ1) is 22.0. The Balaban J connectivity index is 1.59. The molecule has 0 saturated heterocycles. The highest BCUT2D eigenvalue weighted by Crippen LogP contribution is 2.43. The van der Waals surface area contributed by atoms with Crippen molar-refractivity contribution in [1.82, 2.24) is 0 Å². The molecule has 6 heteroatoms. The van der Waals surface area contributed by atoms with Gasteiger partial charge in [0.1, 0.15) is 28.9 Å². The summed E-state index contributed by atoms with van der Waals surface area (Å²) in [4.78, 5) is 12.4. The molecule has 3 aromatic carbocycles. The minimum Gasteiger partial charge on any atom is -0.494 e. The molecule has 1 aliphatic heterocycles. The molecule has 0 radical (unpaired) electrons. The van der Waals surface area contributed by atoms with E-state index in [-0.39, 0.29) is 18.3 Å². The molecule has 0 aromatic heterocycles. The molecule has 166 valence electrons. The zero-order valence-electron chi connectivity index (χ0n) is 18.3. The Labute approximate surface area is 192 Å². The van der Waals surface area contributed by atoms with Gasteiger partial charge in [0, 0.05) is 11.6 Å². The molecule has 0 bridgehead atoms. The maximum Gasteiger partial charge on any atom is 0.315 e. The van der Waals surface area contributed by atoms with Crippen molar-refractivity contribution in [2.45, 2.75) is 25.7 Å². The molecule has 0 spiro atoms. The highest BCUT2D eigenvalue weighted by Gasteiger charge is 2.31. The Morgan fingerprint density at radius 2 is 1.79 bits per heavy atom. The summed E-state index contributed by atoms with van der Waals surface area (Å²) in [5.74, 6) is 0.835. The topological polar surface area (TPSA) is 94.6 Å². The van der Waals surface area contributed by atoms with Gasteiger partial charge in [-0.15, -0.1) is 0 Å². The monoisotopic (exact) mass is 440 g/mol. The highest BCUT2D eigenvalue weighted by molar-refractivity contribution is 5.75. The van der Waals surface area contributed by atoms with Crippen LogP contribution in [0.4, 0.5) is 0 Å². The average Bonchev–Trinajstić information content (AvgIpc) is 2.82. The van der Waals surface area contributed by atoms with Gasteiger partial charge in [-0.2, -0.15) is 5.26 Å². The van der Waals surface area contributed by atoms with E-state index in [9.17, 15) is 10.1 Å². The van der Waals surface area contributed by atoms with Gasteiger partial charge in [0.05, 0.1) is 18.9 Å². The molecule has 33 heavy (non-hydrogen) atoms. The quantitative estimate of drug-likeness (QED) is 0.417. The van der Waals surface area contributed by atoms with Crippen LogP contribution in [0.1, 0.15) is 36.0 Å². The Hall–Kier alpha value is -4.24. The fourth-order valence-electron chi connectivity index (χ4n) is 3.75. The summed E-state index contributed by atoms with van der Waals surface area (Å²) in [5.41, 5.74) is 8.94. The molecule has 1 heterocycles. The van der Waals surface area contributed by atoms with Crippen molar-refractivity contribution < 1.29 is 19.0 Å². The first-order chi connectivity index (χ1) is 16.1. The number of hydrogen-bond donors (Lipinski definition) is 1. The van der Waals surface area contributed by atoms with Gasteiger partial charge in [-0.05, 0) is 35.7 Å². The smallest absolute Gasteiger partial charge is 0.315 e. The van der Waals surface area contributed by atoms with E-state index in [2.05, 4.69) is 6.07 Å². The summed E-state index contributed by atoms with van der Waals surface area (Å²) >= 11 is 0. The molecule has 3 aromatic rings. The van der Waals surface area contributed by atoms with E-state index < -0.39 is 5.92 Å². The van der Waals surface area contributed by atoms with E-state index >= 15 is 0 Å². The van der Waals surface area contributed by atoms with Crippen LogP contribution in [0.15, 0.2) is 84.3 Å². The summed E-state index contributed by atoms with van der Waals surface area (Å²) in [6.45, 7) is 2.69. The minimum atomic E-state index is -0.395. The predicted octanol–water partition coefficient (Wildman–Crippen LogP) is 4.84. The van der Waals surface area contributed by atoms with E-state index in [0.29, 0.717) is 23.7 Å². The summed E-state index contributed by atoms with van der Waals surface area (Å²) < 4.78 is 16.9. The normalized spacial score (nSPS) is 14.6. The van der Waals surface area contributed by atoms with Crippen LogP contribution in [0.3, 0.4) is 0 Å². The number of rotatable bonds is 7. The minimum absolute atomic E-state index is 0.0362. The number of nitrogens with two attached hydrogens (primary N) is 1. The molecule has 1 aliphatic rings. The van der Waals surface area contributed by atoms with Crippen LogP contribution in [0.5, 0.6) is 17.2 Å². The molecule has 0 aliphatic carbocycles. The molecule has 1 unspecified atom stereocenters. The van der Waals surface area contributed by atoms with Gasteiger partial charge in [0.2, 0.25) is 5.88 Å². The van der Waals surface area contributed by atoms with Crippen molar-refractivity contribution in [2.24, 2.45) is 5.73 Å². The van der Waals surface area contributed by atoms with Crippen LogP contribution < -0.4 is 19.9 Å². The van der Waals surface area contributed by atoms with Crippen LogP contribution in [0, 0.1) is 11.3 Å². The number of nitriles is 1. The lowest BCUT2D eigenvalue weighted by Crippen LogP contribution is -2.21. The summed E-state index contributed by atoms with van der Waals surface area (Å²) in [6, 6.07) is 24.3. The molecule has 1 atom stereocenters. The van der Waals surface area contributed by atoms with Crippen LogP contribution in [0.25, 0.3) is 0 Å². The van der Waals surface area contributed by atoms with Crippen LogP contribution in [-0.2, 0) is 11.2 Å². The average molecular weight is 440 g/mol. The predicted molar refractivity (Wildman–Crippen MR) is 124 cm³/mol. The first-order valence-electron chi connectivity index (χ1n) is 10.8. The van der Waals surface area contributed by atoms with Crippen molar-refractivity contribution in [3.63, 3.8) is 0 Å². The third-order valence-corrected chi connectivity index (χ3v) is 5.30. The second-order valence-corrected chi connectivity index (χ2v) is 7.68. The van der Waals surface area contributed by atoms with Gasteiger partial charge in [-0.3, -0.25) is 4.79 Å². The number of esters is 1. The van der Waals surface area contributed by atoms with Gasteiger partial charge in [0.25, 0.3) is 0 Å². The molecule has 0 fully saturated rings. The zero-order chi connectivity index (χ0) is 23.2. The van der Waals surface area contributed by atoms with Crippen molar-refractivity contribution in [3.8, 4) is 23.3 Å². The van der Waals surface area contributed by atoms with Gasteiger partial charge >= 0.3 is 5.97 Å². The van der Waals surface area contributed by atoms with E-state index in [4.69, 9.17) is 19.9 Å². The van der Waals surface area contributed by atoms with Crippen LogP contribution in [0.2, 0.25) is 0 Å². The van der Waals surface area contributed by atoms with Gasteiger partial charge < -0.3 is 19.9 Å². The number of carbonyl (C=O) groups excluding carboxylic acids is 1. The van der Waals surface area contributed by atoms with Crippen molar-refractivity contribution >= 4 is 5.97 Å². The van der Waals surface area contributed by atoms with E-state index in [1.165, 1.54) is 0 Å². The van der Waals surface area contributed by atoms with Crippen LogP contribution in [-0.4, -0.2) is 12.6 Å². The SMILES string of the molecule is CCCOc1ccc(C2C(C#N)=C(N)Oc3cc(OC(=O)Cc4ccccc4)ccc32)cc1. The molecular formula is C27H24N2O4. The second-order valence-electron chi connectivity index (χ2n) is 7.68.